The second-order valence-corrected chi connectivity index (χ2v) is 4.39. The van der Waals surface area contributed by atoms with Crippen LogP contribution in [0.3, 0.4) is 0 Å². The van der Waals surface area contributed by atoms with Crippen molar-refractivity contribution >= 4 is 11.6 Å². The fourth-order valence-electron chi connectivity index (χ4n) is 1.93. The van der Waals surface area contributed by atoms with E-state index in [9.17, 15) is 9.18 Å². The van der Waals surface area contributed by atoms with E-state index in [0.29, 0.717) is 18.8 Å². The van der Waals surface area contributed by atoms with Crippen molar-refractivity contribution in [3.8, 4) is 0 Å². The molecule has 20 heavy (non-hydrogen) atoms. The zero-order valence-corrected chi connectivity index (χ0v) is 10.9. The van der Waals surface area contributed by atoms with Crippen molar-refractivity contribution in [3.63, 3.8) is 0 Å². The van der Waals surface area contributed by atoms with Gasteiger partial charge in [-0.15, -0.1) is 0 Å². The molecule has 0 fully saturated rings. The topological polar surface area (TPSA) is 81.1 Å². The van der Waals surface area contributed by atoms with Crippen molar-refractivity contribution in [1.29, 1.82) is 0 Å². The summed E-state index contributed by atoms with van der Waals surface area (Å²) in [4.78, 5) is 10.9. The highest BCUT2D eigenvalue weighted by atomic mass is 19.1. The normalized spacial score (nSPS) is 10.3. The highest BCUT2D eigenvalue weighted by Gasteiger charge is 2.07. The summed E-state index contributed by atoms with van der Waals surface area (Å²) in [6.45, 7) is 0.890. The van der Waals surface area contributed by atoms with Crippen molar-refractivity contribution in [1.82, 2.24) is 0 Å². The van der Waals surface area contributed by atoms with Crippen LogP contribution in [-0.2, 0) is 13.1 Å². The van der Waals surface area contributed by atoms with Gasteiger partial charge in [0.05, 0.1) is 5.69 Å². The number of halogens is 1. The Kier molecular flexibility index (Phi) is 4.32. The summed E-state index contributed by atoms with van der Waals surface area (Å²) in [6, 6.07) is 11.8. The molecule has 2 aromatic carbocycles. The summed E-state index contributed by atoms with van der Waals surface area (Å²) in [5.41, 5.74) is 13.2. The lowest BCUT2D eigenvalue weighted by Crippen LogP contribution is -2.12. The van der Waals surface area contributed by atoms with E-state index in [1.54, 1.807) is 0 Å². The monoisotopic (exact) mass is 273 g/mol. The standard InChI is InChI=1S/C15H16FN3O/c16-13-7-10(15(18)20)5-6-14(13)19-9-12-4-2-1-3-11(12)8-17/h1-7,19H,8-9,17H2,(H2,18,20). The third-order valence-corrected chi connectivity index (χ3v) is 3.06. The largest absolute Gasteiger partial charge is 0.379 e. The maximum Gasteiger partial charge on any atom is 0.248 e. The molecule has 5 N–H and O–H groups in total. The van der Waals surface area contributed by atoms with Gasteiger partial charge in [0.2, 0.25) is 5.91 Å². The summed E-state index contributed by atoms with van der Waals surface area (Å²) >= 11 is 0. The van der Waals surface area contributed by atoms with Crippen molar-refractivity contribution in [2.24, 2.45) is 11.5 Å². The number of anilines is 1. The van der Waals surface area contributed by atoms with E-state index in [-0.39, 0.29) is 5.56 Å². The molecule has 0 aliphatic rings. The number of hydrogen-bond donors (Lipinski definition) is 3. The third kappa shape index (κ3) is 3.13. The molecule has 0 bridgehead atoms. The van der Waals surface area contributed by atoms with Crippen LogP contribution in [0.5, 0.6) is 0 Å². The van der Waals surface area contributed by atoms with Gasteiger partial charge in [-0.2, -0.15) is 0 Å². The first kappa shape index (κ1) is 14.0. The van der Waals surface area contributed by atoms with Gasteiger partial charge >= 0.3 is 0 Å². The van der Waals surface area contributed by atoms with Crippen LogP contribution in [0.2, 0.25) is 0 Å². The molecule has 0 aliphatic heterocycles. The average Bonchev–Trinajstić information content (AvgIpc) is 2.46. The molecule has 2 aromatic rings. The van der Waals surface area contributed by atoms with Gasteiger partial charge in [0.25, 0.3) is 0 Å². The summed E-state index contributed by atoms with van der Waals surface area (Å²) in [7, 11) is 0. The zero-order chi connectivity index (χ0) is 14.5. The molecule has 2 rings (SSSR count). The molecule has 0 aromatic heterocycles. The number of hydrogen-bond acceptors (Lipinski definition) is 3. The molecule has 0 unspecified atom stereocenters. The van der Waals surface area contributed by atoms with E-state index in [1.165, 1.54) is 12.1 Å². The highest BCUT2D eigenvalue weighted by molar-refractivity contribution is 5.93. The zero-order valence-electron chi connectivity index (χ0n) is 10.9. The van der Waals surface area contributed by atoms with Crippen LogP contribution < -0.4 is 16.8 Å². The third-order valence-electron chi connectivity index (χ3n) is 3.06. The Morgan fingerprint density at radius 2 is 1.85 bits per heavy atom. The van der Waals surface area contributed by atoms with Crippen LogP contribution in [-0.4, -0.2) is 5.91 Å². The van der Waals surface area contributed by atoms with Gasteiger partial charge < -0.3 is 16.8 Å². The van der Waals surface area contributed by atoms with Gasteiger partial charge in [-0.3, -0.25) is 4.79 Å². The van der Waals surface area contributed by atoms with Crippen molar-refractivity contribution < 1.29 is 9.18 Å². The van der Waals surface area contributed by atoms with Crippen molar-refractivity contribution in [2.45, 2.75) is 13.1 Å². The summed E-state index contributed by atoms with van der Waals surface area (Å²) in [5, 5.41) is 2.99. The fraction of sp³-hybridized carbons (Fsp3) is 0.133. The molecule has 0 spiro atoms. The lowest BCUT2D eigenvalue weighted by Gasteiger charge is -2.11. The molecule has 104 valence electrons. The number of nitrogens with one attached hydrogen (secondary N) is 1. The number of nitrogens with two attached hydrogens (primary N) is 2. The smallest absolute Gasteiger partial charge is 0.248 e. The maximum atomic E-state index is 13.8. The minimum Gasteiger partial charge on any atom is -0.379 e. The quantitative estimate of drug-likeness (QED) is 0.779. The van der Waals surface area contributed by atoms with E-state index < -0.39 is 11.7 Å². The summed E-state index contributed by atoms with van der Waals surface area (Å²) in [6.07, 6.45) is 0. The van der Waals surface area contributed by atoms with Crippen molar-refractivity contribution in [2.75, 3.05) is 5.32 Å². The van der Waals surface area contributed by atoms with Crippen molar-refractivity contribution in [3.05, 3.63) is 65.0 Å². The minimum absolute atomic E-state index is 0.149. The van der Waals surface area contributed by atoms with Crippen LogP contribution in [0.4, 0.5) is 10.1 Å². The molecule has 1 amide bonds. The van der Waals surface area contributed by atoms with E-state index in [0.717, 1.165) is 17.2 Å². The number of carbonyl (C=O) groups excluding carboxylic acids is 1. The highest BCUT2D eigenvalue weighted by Crippen LogP contribution is 2.17. The Morgan fingerprint density at radius 3 is 2.45 bits per heavy atom. The first-order valence-electron chi connectivity index (χ1n) is 6.22. The first-order valence-corrected chi connectivity index (χ1v) is 6.22. The molecule has 0 atom stereocenters. The molecule has 5 heteroatoms. The molecular formula is C15H16FN3O. The van der Waals surface area contributed by atoms with Crippen LogP contribution in [0.1, 0.15) is 21.5 Å². The van der Waals surface area contributed by atoms with Gasteiger partial charge in [0.15, 0.2) is 0 Å². The number of rotatable bonds is 5. The minimum atomic E-state index is -0.649. The predicted octanol–water partition coefficient (Wildman–Crippen LogP) is 2.00. The molecule has 4 nitrogen and oxygen atoms in total. The summed E-state index contributed by atoms with van der Waals surface area (Å²) < 4.78 is 13.8. The molecule has 0 heterocycles. The van der Waals surface area contributed by atoms with Crippen LogP contribution in [0.25, 0.3) is 0 Å². The van der Waals surface area contributed by atoms with Gasteiger partial charge in [0.1, 0.15) is 5.82 Å². The van der Waals surface area contributed by atoms with E-state index in [1.807, 2.05) is 24.3 Å². The Morgan fingerprint density at radius 1 is 1.15 bits per heavy atom. The molecule has 0 radical (unpaired) electrons. The Bertz CT molecular complexity index is 628. The number of primary amides is 1. The SMILES string of the molecule is NCc1ccccc1CNc1ccc(C(N)=O)cc1F. The Balaban J connectivity index is 2.13. The number of amides is 1. The molecule has 0 aliphatic carbocycles. The lowest BCUT2D eigenvalue weighted by molar-refractivity contribution is 0.1000. The fourth-order valence-corrected chi connectivity index (χ4v) is 1.93. The van der Waals surface area contributed by atoms with Crippen LogP contribution >= 0.6 is 0 Å². The Labute approximate surface area is 116 Å². The second kappa shape index (κ2) is 6.16. The Hall–Kier alpha value is -2.40. The molecule has 0 saturated heterocycles. The van der Waals surface area contributed by atoms with E-state index >= 15 is 0 Å². The van der Waals surface area contributed by atoms with Gasteiger partial charge in [-0.25, -0.2) is 4.39 Å². The first-order chi connectivity index (χ1) is 9.61. The van der Waals surface area contributed by atoms with Crippen LogP contribution in [0, 0.1) is 5.82 Å². The van der Waals surface area contributed by atoms with Gasteiger partial charge in [0, 0.05) is 18.7 Å². The van der Waals surface area contributed by atoms with E-state index in [4.69, 9.17) is 11.5 Å². The van der Waals surface area contributed by atoms with Gasteiger partial charge in [-0.05, 0) is 29.3 Å². The molecular weight excluding hydrogens is 257 g/mol. The van der Waals surface area contributed by atoms with Crippen LogP contribution in [0.15, 0.2) is 42.5 Å². The number of benzene rings is 2. The van der Waals surface area contributed by atoms with E-state index in [2.05, 4.69) is 5.32 Å². The predicted molar refractivity (Wildman–Crippen MR) is 76.6 cm³/mol. The van der Waals surface area contributed by atoms with Gasteiger partial charge in [-0.1, -0.05) is 24.3 Å². The summed E-state index contributed by atoms with van der Waals surface area (Å²) in [5.74, 6) is -1.16. The second-order valence-electron chi connectivity index (χ2n) is 4.39. The number of carbonyl (C=O) groups is 1. The average molecular weight is 273 g/mol. The lowest BCUT2D eigenvalue weighted by atomic mass is 10.1. The maximum absolute atomic E-state index is 13.8. The molecule has 0 saturated carbocycles.